The predicted molar refractivity (Wildman–Crippen MR) is 97.0 cm³/mol. The zero-order chi connectivity index (χ0) is 18.9. The molecule has 0 aromatic heterocycles. The van der Waals surface area contributed by atoms with Crippen molar-refractivity contribution < 1.29 is 23.1 Å². The number of aromatic carboxylic acids is 1. The Labute approximate surface area is 151 Å². The third kappa shape index (κ3) is 3.55. The fraction of sp³-hybridized carbons (Fsp3) is 0.222. The second-order valence-electron chi connectivity index (χ2n) is 6.00. The molecular formula is C18H18N2O5S. The van der Waals surface area contributed by atoms with Crippen molar-refractivity contribution in [2.45, 2.75) is 31.1 Å². The summed E-state index contributed by atoms with van der Waals surface area (Å²) in [5.41, 5.74) is 2.32. The average molecular weight is 374 g/mol. The number of amides is 1. The third-order valence-electron chi connectivity index (χ3n) is 4.26. The molecule has 1 aliphatic rings. The molecule has 8 heteroatoms. The van der Waals surface area contributed by atoms with Gasteiger partial charge in [-0.15, -0.1) is 0 Å². The zero-order valence-corrected chi connectivity index (χ0v) is 14.9. The van der Waals surface area contributed by atoms with E-state index in [1.54, 1.807) is 12.1 Å². The predicted octanol–water partition coefficient (Wildman–Crippen LogP) is 2.63. The number of hydrogen-bond donors (Lipinski definition) is 3. The summed E-state index contributed by atoms with van der Waals surface area (Å²) in [6.45, 7) is 1.86. The van der Waals surface area contributed by atoms with Gasteiger partial charge in [0.15, 0.2) is 0 Å². The van der Waals surface area contributed by atoms with Crippen molar-refractivity contribution in [3.05, 3.63) is 53.1 Å². The van der Waals surface area contributed by atoms with Gasteiger partial charge < -0.3 is 10.4 Å². The number of nitrogens with one attached hydrogen (secondary N) is 2. The van der Waals surface area contributed by atoms with Crippen LogP contribution in [0.3, 0.4) is 0 Å². The summed E-state index contributed by atoms with van der Waals surface area (Å²) in [6.07, 6.45) is 1.33. The summed E-state index contributed by atoms with van der Waals surface area (Å²) < 4.78 is 28.0. The molecule has 136 valence electrons. The summed E-state index contributed by atoms with van der Waals surface area (Å²) in [4.78, 5) is 22.6. The van der Waals surface area contributed by atoms with E-state index in [2.05, 4.69) is 10.0 Å². The number of benzene rings is 2. The van der Waals surface area contributed by atoms with Crippen LogP contribution in [0, 0.1) is 0 Å². The van der Waals surface area contributed by atoms with Crippen LogP contribution in [0.15, 0.2) is 41.3 Å². The van der Waals surface area contributed by atoms with Gasteiger partial charge in [-0.05, 0) is 54.3 Å². The molecule has 0 aliphatic carbocycles. The van der Waals surface area contributed by atoms with E-state index < -0.39 is 16.0 Å². The van der Waals surface area contributed by atoms with E-state index in [9.17, 15) is 18.0 Å². The molecule has 3 N–H and O–H groups in total. The summed E-state index contributed by atoms with van der Waals surface area (Å²) in [5, 5.41) is 11.8. The average Bonchev–Trinajstić information content (AvgIpc) is 2.60. The highest BCUT2D eigenvalue weighted by molar-refractivity contribution is 7.92. The minimum absolute atomic E-state index is 0.00746. The van der Waals surface area contributed by atoms with Gasteiger partial charge in [-0.25, -0.2) is 13.2 Å². The number of rotatable bonds is 5. The van der Waals surface area contributed by atoms with E-state index in [0.29, 0.717) is 30.5 Å². The first-order chi connectivity index (χ1) is 12.3. The fourth-order valence-electron chi connectivity index (χ4n) is 2.84. The van der Waals surface area contributed by atoms with Gasteiger partial charge >= 0.3 is 5.97 Å². The lowest BCUT2D eigenvalue weighted by molar-refractivity contribution is -0.116. The van der Waals surface area contributed by atoms with Crippen molar-refractivity contribution in [2.75, 3.05) is 10.0 Å². The van der Waals surface area contributed by atoms with Gasteiger partial charge in [0.05, 0.1) is 16.1 Å². The van der Waals surface area contributed by atoms with E-state index in [0.717, 1.165) is 5.56 Å². The molecule has 0 saturated heterocycles. The van der Waals surface area contributed by atoms with E-state index >= 15 is 0 Å². The molecule has 0 unspecified atom stereocenters. The van der Waals surface area contributed by atoms with Crippen molar-refractivity contribution in [1.29, 1.82) is 0 Å². The van der Waals surface area contributed by atoms with Crippen LogP contribution >= 0.6 is 0 Å². The highest BCUT2D eigenvalue weighted by Gasteiger charge is 2.21. The molecule has 26 heavy (non-hydrogen) atoms. The van der Waals surface area contributed by atoms with Crippen LogP contribution in [0.2, 0.25) is 0 Å². The molecular weight excluding hydrogens is 356 g/mol. The van der Waals surface area contributed by atoms with Crippen molar-refractivity contribution in [3.63, 3.8) is 0 Å². The molecule has 1 amide bonds. The van der Waals surface area contributed by atoms with Crippen LogP contribution in [-0.2, 0) is 27.7 Å². The molecule has 0 saturated carbocycles. The lowest BCUT2D eigenvalue weighted by Crippen LogP contribution is -2.20. The van der Waals surface area contributed by atoms with Crippen molar-refractivity contribution >= 4 is 33.3 Å². The van der Waals surface area contributed by atoms with Crippen molar-refractivity contribution in [2.24, 2.45) is 0 Å². The lowest BCUT2D eigenvalue weighted by Gasteiger charge is -2.18. The van der Waals surface area contributed by atoms with Gasteiger partial charge in [0, 0.05) is 12.1 Å². The first-order valence-electron chi connectivity index (χ1n) is 8.12. The molecule has 0 atom stereocenters. The van der Waals surface area contributed by atoms with E-state index in [-0.39, 0.29) is 22.1 Å². The zero-order valence-electron chi connectivity index (χ0n) is 14.1. The van der Waals surface area contributed by atoms with Crippen molar-refractivity contribution in [1.82, 2.24) is 0 Å². The Morgan fingerprint density at radius 3 is 2.65 bits per heavy atom. The maximum atomic E-state index is 12.8. The molecule has 2 aromatic rings. The van der Waals surface area contributed by atoms with Crippen molar-refractivity contribution in [3.8, 4) is 0 Å². The Morgan fingerprint density at radius 1 is 1.19 bits per heavy atom. The number of carbonyl (C=O) groups is 2. The van der Waals surface area contributed by atoms with Crippen LogP contribution in [0.25, 0.3) is 0 Å². The Balaban J connectivity index is 1.96. The molecule has 7 nitrogen and oxygen atoms in total. The summed E-state index contributed by atoms with van der Waals surface area (Å²) in [6, 6.07) is 8.88. The van der Waals surface area contributed by atoms with Gasteiger partial charge in [0.1, 0.15) is 0 Å². The lowest BCUT2D eigenvalue weighted by atomic mass is 10.0. The fourth-order valence-corrected chi connectivity index (χ4v) is 3.99. The Morgan fingerprint density at radius 2 is 1.96 bits per heavy atom. The number of hydrogen-bond acceptors (Lipinski definition) is 4. The van der Waals surface area contributed by atoms with Crippen LogP contribution < -0.4 is 10.0 Å². The van der Waals surface area contributed by atoms with Gasteiger partial charge in [0.2, 0.25) is 5.91 Å². The molecule has 0 radical (unpaired) electrons. The van der Waals surface area contributed by atoms with Gasteiger partial charge in [-0.1, -0.05) is 13.0 Å². The van der Waals surface area contributed by atoms with Gasteiger partial charge in [0.25, 0.3) is 10.0 Å². The number of carboxylic acids is 1. The monoisotopic (exact) mass is 374 g/mol. The Bertz CT molecular complexity index is 999. The first-order valence-corrected chi connectivity index (χ1v) is 9.60. The highest BCUT2D eigenvalue weighted by atomic mass is 32.2. The van der Waals surface area contributed by atoms with Crippen LogP contribution in [0.1, 0.15) is 34.8 Å². The number of carbonyl (C=O) groups excluding carboxylic acids is 1. The third-order valence-corrected chi connectivity index (χ3v) is 5.63. The Kier molecular flexibility index (Phi) is 4.69. The van der Waals surface area contributed by atoms with E-state index in [1.165, 1.54) is 24.3 Å². The normalized spacial score (nSPS) is 13.7. The molecule has 3 rings (SSSR count). The number of anilines is 2. The minimum Gasteiger partial charge on any atom is -0.478 e. The van der Waals surface area contributed by atoms with Crippen LogP contribution in [0.4, 0.5) is 11.4 Å². The minimum atomic E-state index is -3.89. The maximum Gasteiger partial charge on any atom is 0.335 e. The Hall–Kier alpha value is -2.87. The number of fused-ring (bicyclic) bond motifs is 1. The summed E-state index contributed by atoms with van der Waals surface area (Å²) >= 11 is 0. The van der Waals surface area contributed by atoms with Gasteiger partial charge in [-0.3, -0.25) is 9.52 Å². The molecule has 0 spiro atoms. The molecule has 1 aliphatic heterocycles. The van der Waals surface area contributed by atoms with Gasteiger partial charge in [-0.2, -0.15) is 0 Å². The SMILES string of the molecule is CCc1ccc(C(=O)O)cc1NS(=O)(=O)c1ccc2c(c1)CCC(=O)N2. The maximum absolute atomic E-state index is 12.8. The summed E-state index contributed by atoms with van der Waals surface area (Å²) in [5.74, 6) is -1.22. The highest BCUT2D eigenvalue weighted by Crippen LogP contribution is 2.27. The first kappa shape index (κ1) is 17.9. The molecule has 0 fully saturated rings. The number of sulfonamides is 1. The second-order valence-corrected chi connectivity index (χ2v) is 7.69. The smallest absolute Gasteiger partial charge is 0.335 e. The quantitative estimate of drug-likeness (QED) is 0.745. The van der Waals surface area contributed by atoms with Crippen LogP contribution in [0.5, 0.6) is 0 Å². The standard InChI is InChI=1S/C18H18N2O5S/c1-2-11-3-4-13(18(22)23)10-16(11)20-26(24,25)14-6-7-15-12(9-14)5-8-17(21)19-15/h3-4,6-7,9-10,20H,2,5,8H2,1H3,(H,19,21)(H,22,23). The largest absolute Gasteiger partial charge is 0.478 e. The van der Waals surface area contributed by atoms with Crippen LogP contribution in [-0.4, -0.2) is 25.4 Å². The van der Waals surface area contributed by atoms with E-state index in [1.807, 2.05) is 6.92 Å². The number of carboxylic acid groups (broad SMARTS) is 1. The number of aryl methyl sites for hydroxylation is 2. The molecule has 1 heterocycles. The molecule has 0 bridgehead atoms. The van der Waals surface area contributed by atoms with E-state index in [4.69, 9.17) is 5.11 Å². The molecule has 2 aromatic carbocycles. The summed E-state index contributed by atoms with van der Waals surface area (Å²) in [7, 11) is -3.89. The second kappa shape index (κ2) is 6.80. The topological polar surface area (TPSA) is 113 Å².